The van der Waals surface area contributed by atoms with Crippen molar-refractivity contribution in [2.75, 3.05) is 4.72 Å². The van der Waals surface area contributed by atoms with Gasteiger partial charge in [0.05, 0.1) is 0 Å². The molecule has 0 saturated heterocycles. The molecule has 0 amide bonds. The Morgan fingerprint density at radius 3 is 2.52 bits per heavy atom. The van der Waals surface area contributed by atoms with Crippen LogP contribution < -0.4 is 10.0 Å². The lowest BCUT2D eigenvalue weighted by Gasteiger charge is -2.09. The zero-order chi connectivity index (χ0) is 14.7. The smallest absolute Gasteiger partial charge is 0.263 e. The maximum absolute atomic E-state index is 12.1. The summed E-state index contributed by atoms with van der Waals surface area (Å²) in [6, 6.07) is 11.2. The summed E-state index contributed by atoms with van der Waals surface area (Å²) < 4.78 is 26.8. The summed E-state index contributed by atoms with van der Waals surface area (Å²) in [7, 11) is -3.57. The first-order chi connectivity index (χ1) is 10.1. The van der Waals surface area contributed by atoms with Crippen LogP contribution in [0.2, 0.25) is 0 Å². The first kappa shape index (κ1) is 14.0. The van der Waals surface area contributed by atoms with Crippen LogP contribution in [0.15, 0.2) is 53.7 Å². The molecule has 1 aromatic carbocycles. The molecule has 6 heteroatoms. The van der Waals surface area contributed by atoms with Gasteiger partial charge in [0.25, 0.3) is 10.0 Å². The Balaban J connectivity index is 1.66. The van der Waals surface area contributed by atoms with Crippen molar-refractivity contribution in [3.63, 3.8) is 0 Å². The molecule has 0 atom stereocenters. The topological polar surface area (TPSA) is 71.1 Å². The maximum Gasteiger partial charge on any atom is 0.263 e. The van der Waals surface area contributed by atoms with E-state index in [2.05, 4.69) is 15.0 Å². The molecule has 3 rings (SSSR count). The summed E-state index contributed by atoms with van der Waals surface area (Å²) in [5, 5.41) is 3.42. The van der Waals surface area contributed by atoms with E-state index in [0.717, 1.165) is 12.1 Å². The van der Waals surface area contributed by atoms with E-state index in [1.165, 1.54) is 25.1 Å². The SMILES string of the molecule is O=S(=O)(Nc1ccc(CNC2CC2)cc1)c1cccnc1. The van der Waals surface area contributed by atoms with Gasteiger partial charge in [-0.3, -0.25) is 9.71 Å². The van der Waals surface area contributed by atoms with Gasteiger partial charge in [-0.15, -0.1) is 0 Å². The molecule has 21 heavy (non-hydrogen) atoms. The molecule has 0 aliphatic heterocycles. The van der Waals surface area contributed by atoms with E-state index in [9.17, 15) is 8.42 Å². The van der Waals surface area contributed by atoms with Crippen molar-refractivity contribution < 1.29 is 8.42 Å². The first-order valence-electron chi connectivity index (χ1n) is 6.89. The number of sulfonamides is 1. The van der Waals surface area contributed by atoms with Crippen LogP contribution in [0, 0.1) is 0 Å². The summed E-state index contributed by atoms with van der Waals surface area (Å²) in [6.45, 7) is 0.820. The molecule has 2 N–H and O–H groups in total. The van der Waals surface area contributed by atoms with Crippen LogP contribution in [-0.4, -0.2) is 19.4 Å². The lowest BCUT2D eigenvalue weighted by molar-refractivity contribution is 0.601. The first-order valence-corrected chi connectivity index (χ1v) is 8.37. The molecule has 0 radical (unpaired) electrons. The number of hydrogen-bond donors (Lipinski definition) is 2. The Labute approximate surface area is 124 Å². The number of anilines is 1. The second-order valence-electron chi connectivity index (χ2n) is 5.15. The van der Waals surface area contributed by atoms with Crippen molar-refractivity contribution in [2.24, 2.45) is 0 Å². The van der Waals surface area contributed by atoms with Gasteiger partial charge >= 0.3 is 0 Å². The largest absolute Gasteiger partial charge is 0.310 e. The molecule has 1 aliphatic carbocycles. The number of nitrogens with one attached hydrogen (secondary N) is 2. The predicted molar refractivity (Wildman–Crippen MR) is 81.3 cm³/mol. The molecule has 1 saturated carbocycles. The third-order valence-corrected chi connectivity index (χ3v) is 4.69. The molecular formula is C15H17N3O2S. The monoisotopic (exact) mass is 303 g/mol. The molecular weight excluding hydrogens is 286 g/mol. The molecule has 0 bridgehead atoms. The fourth-order valence-electron chi connectivity index (χ4n) is 1.96. The van der Waals surface area contributed by atoms with Gasteiger partial charge in [0.2, 0.25) is 0 Å². The normalized spacial score (nSPS) is 14.9. The predicted octanol–water partition coefficient (Wildman–Crippen LogP) is 2.13. The number of rotatable bonds is 6. The third kappa shape index (κ3) is 3.80. The highest BCUT2D eigenvalue weighted by Gasteiger charge is 2.20. The molecule has 1 heterocycles. The quantitative estimate of drug-likeness (QED) is 0.857. The Morgan fingerprint density at radius 1 is 1.14 bits per heavy atom. The number of nitrogens with zero attached hydrogens (tertiary/aromatic N) is 1. The fraction of sp³-hybridized carbons (Fsp3) is 0.267. The number of benzene rings is 1. The molecule has 110 valence electrons. The van der Waals surface area contributed by atoms with Crippen molar-refractivity contribution >= 4 is 15.7 Å². The van der Waals surface area contributed by atoms with Gasteiger partial charge < -0.3 is 5.32 Å². The zero-order valence-corrected chi connectivity index (χ0v) is 12.3. The minimum Gasteiger partial charge on any atom is -0.310 e. The van der Waals surface area contributed by atoms with Gasteiger partial charge in [-0.05, 0) is 42.7 Å². The van der Waals surface area contributed by atoms with E-state index in [1.54, 1.807) is 24.4 Å². The van der Waals surface area contributed by atoms with Gasteiger partial charge in [0.15, 0.2) is 0 Å². The summed E-state index contributed by atoms with van der Waals surface area (Å²) in [4.78, 5) is 3.98. The molecule has 0 spiro atoms. The highest BCUT2D eigenvalue weighted by Crippen LogP contribution is 2.20. The summed E-state index contributed by atoms with van der Waals surface area (Å²) in [5.41, 5.74) is 1.69. The molecule has 1 aromatic heterocycles. The zero-order valence-electron chi connectivity index (χ0n) is 11.5. The van der Waals surface area contributed by atoms with Crippen LogP contribution >= 0.6 is 0 Å². The van der Waals surface area contributed by atoms with E-state index in [0.29, 0.717) is 11.7 Å². The fourth-order valence-corrected chi connectivity index (χ4v) is 2.98. The lowest BCUT2D eigenvalue weighted by atomic mass is 10.2. The Morgan fingerprint density at radius 2 is 1.90 bits per heavy atom. The Bertz CT molecular complexity index is 695. The Hall–Kier alpha value is -1.92. The number of aromatic nitrogens is 1. The van der Waals surface area contributed by atoms with Crippen LogP contribution in [0.25, 0.3) is 0 Å². The van der Waals surface area contributed by atoms with Crippen molar-refractivity contribution in [1.29, 1.82) is 0 Å². The van der Waals surface area contributed by atoms with Crippen molar-refractivity contribution in [2.45, 2.75) is 30.3 Å². The summed E-state index contributed by atoms with van der Waals surface area (Å²) in [6.07, 6.45) is 5.38. The molecule has 0 unspecified atom stereocenters. The van der Waals surface area contributed by atoms with Gasteiger partial charge in [-0.2, -0.15) is 0 Å². The highest BCUT2D eigenvalue weighted by atomic mass is 32.2. The van der Waals surface area contributed by atoms with E-state index in [4.69, 9.17) is 0 Å². The standard InChI is InChI=1S/C15H17N3O2S/c19-21(20,15-2-1-9-16-11-15)18-14-5-3-12(4-6-14)10-17-13-7-8-13/h1-6,9,11,13,17-18H,7-8,10H2. The summed E-state index contributed by atoms with van der Waals surface area (Å²) in [5.74, 6) is 0. The van der Waals surface area contributed by atoms with E-state index >= 15 is 0 Å². The average Bonchev–Trinajstić information content (AvgIpc) is 3.31. The van der Waals surface area contributed by atoms with Crippen LogP contribution in [0.4, 0.5) is 5.69 Å². The summed E-state index contributed by atoms with van der Waals surface area (Å²) >= 11 is 0. The van der Waals surface area contributed by atoms with E-state index in [-0.39, 0.29) is 4.90 Å². The number of pyridine rings is 1. The average molecular weight is 303 g/mol. The minimum absolute atomic E-state index is 0.157. The third-order valence-electron chi connectivity index (χ3n) is 3.32. The highest BCUT2D eigenvalue weighted by molar-refractivity contribution is 7.92. The van der Waals surface area contributed by atoms with Gasteiger partial charge in [-0.1, -0.05) is 12.1 Å². The van der Waals surface area contributed by atoms with Crippen LogP contribution in [-0.2, 0) is 16.6 Å². The van der Waals surface area contributed by atoms with Crippen molar-refractivity contribution in [3.8, 4) is 0 Å². The van der Waals surface area contributed by atoms with Crippen LogP contribution in [0.3, 0.4) is 0 Å². The molecule has 1 fully saturated rings. The lowest BCUT2D eigenvalue weighted by Crippen LogP contribution is -2.15. The van der Waals surface area contributed by atoms with Crippen LogP contribution in [0.1, 0.15) is 18.4 Å². The van der Waals surface area contributed by atoms with Crippen molar-refractivity contribution in [1.82, 2.24) is 10.3 Å². The van der Waals surface area contributed by atoms with Gasteiger partial charge in [0, 0.05) is 30.7 Å². The second kappa shape index (κ2) is 5.83. The van der Waals surface area contributed by atoms with Crippen LogP contribution in [0.5, 0.6) is 0 Å². The molecule has 1 aliphatic rings. The van der Waals surface area contributed by atoms with Crippen molar-refractivity contribution in [3.05, 3.63) is 54.4 Å². The molecule has 2 aromatic rings. The number of hydrogen-bond acceptors (Lipinski definition) is 4. The molecule has 5 nitrogen and oxygen atoms in total. The second-order valence-corrected chi connectivity index (χ2v) is 6.83. The van der Waals surface area contributed by atoms with Gasteiger partial charge in [-0.25, -0.2) is 8.42 Å². The minimum atomic E-state index is -3.57. The van der Waals surface area contributed by atoms with E-state index < -0.39 is 10.0 Å². The Kier molecular flexibility index (Phi) is 3.90. The van der Waals surface area contributed by atoms with Gasteiger partial charge in [0.1, 0.15) is 4.90 Å². The van der Waals surface area contributed by atoms with E-state index in [1.807, 2.05) is 12.1 Å². The maximum atomic E-state index is 12.1.